The zero-order chi connectivity index (χ0) is 11.8. The van der Waals surface area contributed by atoms with Gasteiger partial charge in [-0.15, -0.1) is 4.85 Å². The molecule has 3 rings (SSSR count). The third-order valence-corrected chi connectivity index (χ3v) is 2.79. The van der Waals surface area contributed by atoms with E-state index in [1.54, 1.807) is 6.07 Å². The standard InChI is InChI=1S/C13H11N3O/c1-10-6-2-4-8-12(10)15-14-11-7-3-5-9-13(11)16(15)17/h2-9H,1H3. The summed E-state index contributed by atoms with van der Waals surface area (Å²) in [5, 5.41) is 16.4. The Morgan fingerprint density at radius 2 is 1.76 bits per heavy atom. The number of para-hydroxylation sites is 2. The molecule has 4 heteroatoms. The largest absolute Gasteiger partial charge is 0.692 e. The Bertz CT molecular complexity index is 688. The van der Waals surface area contributed by atoms with Crippen LogP contribution in [0.3, 0.4) is 0 Å². The van der Waals surface area contributed by atoms with Crippen LogP contribution in [0.4, 0.5) is 0 Å². The van der Waals surface area contributed by atoms with Crippen molar-refractivity contribution in [1.82, 2.24) is 9.90 Å². The molecule has 0 atom stereocenters. The zero-order valence-corrected chi connectivity index (χ0v) is 9.37. The van der Waals surface area contributed by atoms with Crippen LogP contribution in [0.15, 0.2) is 48.5 Å². The number of aromatic nitrogens is 3. The van der Waals surface area contributed by atoms with Gasteiger partial charge in [-0.2, -0.15) is 0 Å². The Kier molecular flexibility index (Phi) is 2.08. The van der Waals surface area contributed by atoms with Crippen molar-refractivity contribution in [3.05, 3.63) is 59.3 Å². The van der Waals surface area contributed by atoms with Gasteiger partial charge in [0.1, 0.15) is 5.69 Å². The molecule has 3 aromatic rings. The second-order valence-electron chi connectivity index (χ2n) is 3.94. The molecule has 0 radical (unpaired) electrons. The Balaban J connectivity index is 2.32. The van der Waals surface area contributed by atoms with E-state index in [1.165, 1.54) is 4.80 Å². The van der Waals surface area contributed by atoms with E-state index in [-0.39, 0.29) is 0 Å². The van der Waals surface area contributed by atoms with Gasteiger partial charge in [0.15, 0.2) is 0 Å². The first kappa shape index (κ1) is 9.84. The second-order valence-corrected chi connectivity index (χ2v) is 3.94. The van der Waals surface area contributed by atoms with Crippen molar-refractivity contribution in [3.8, 4) is 5.69 Å². The van der Waals surface area contributed by atoms with E-state index in [0.29, 0.717) is 11.0 Å². The number of aryl methyl sites for hydroxylation is 1. The maximum Gasteiger partial charge on any atom is 0.250 e. The van der Waals surface area contributed by atoms with Crippen molar-refractivity contribution < 1.29 is 4.85 Å². The monoisotopic (exact) mass is 225 g/mol. The molecule has 0 saturated heterocycles. The molecule has 0 unspecified atom stereocenters. The van der Waals surface area contributed by atoms with Gasteiger partial charge in [-0.1, -0.05) is 30.3 Å². The quantitative estimate of drug-likeness (QED) is 0.469. The maximum absolute atomic E-state index is 12.1. The molecule has 1 heterocycles. The highest BCUT2D eigenvalue weighted by Gasteiger charge is 2.15. The minimum Gasteiger partial charge on any atom is -0.692 e. The van der Waals surface area contributed by atoms with Gasteiger partial charge in [0.25, 0.3) is 0 Å². The average Bonchev–Trinajstić information content (AvgIpc) is 2.68. The van der Waals surface area contributed by atoms with Crippen molar-refractivity contribution in [2.45, 2.75) is 6.92 Å². The summed E-state index contributed by atoms with van der Waals surface area (Å²) in [6, 6.07) is 15.0. The summed E-state index contributed by atoms with van der Waals surface area (Å²) in [7, 11) is 0. The van der Waals surface area contributed by atoms with Gasteiger partial charge in [-0.05, 0) is 35.5 Å². The summed E-state index contributed by atoms with van der Waals surface area (Å²) in [5.41, 5.74) is 3.10. The Morgan fingerprint density at radius 3 is 2.53 bits per heavy atom. The number of fused-ring (bicyclic) bond motifs is 1. The number of rotatable bonds is 1. The van der Waals surface area contributed by atoms with Crippen molar-refractivity contribution >= 4 is 11.0 Å². The second kappa shape index (κ2) is 3.59. The fourth-order valence-electron chi connectivity index (χ4n) is 1.89. The molecule has 17 heavy (non-hydrogen) atoms. The van der Waals surface area contributed by atoms with Crippen LogP contribution in [-0.4, -0.2) is 9.90 Å². The maximum atomic E-state index is 12.1. The predicted molar refractivity (Wildman–Crippen MR) is 64.8 cm³/mol. The molecule has 0 aliphatic rings. The summed E-state index contributed by atoms with van der Waals surface area (Å²) in [4.78, 5) is 2.21. The lowest BCUT2D eigenvalue weighted by atomic mass is 10.2. The lowest BCUT2D eigenvalue weighted by Gasteiger charge is -2.05. The van der Waals surface area contributed by atoms with Crippen molar-refractivity contribution in [3.63, 3.8) is 0 Å². The first-order valence-electron chi connectivity index (χ1n) is 5.41. The third kappa shape index (κ3) is 1.45. The SMILES string of the molecule is Cc1ccccc1-n1nc2ccccc2[n+]1[O-]. The van der Waals surface area contributed by atoms with E-state index in [4.69, 9.17) is 0 Å². The Labute approximate surface area is 98.3 Å². The van der Waals surface area contributed by atoms with Gasteiger partial charge in [0, 0.05) is 0 Å². The highest BCUT2D eigenvalue weighted by molar-refractivity contribution is 5.70. The lowest BCUT2D eigenvalue weighted by Crippen LogP contribution is -2.37. The first-order chi connectivity index (χ1) is 8.27. The zero-order valence-electron chi connectivity index (χ0n) is 9.37. The van der Waals surface area contributed by atoms with E-state index < -0.39 is 0 Å². The molecule has 0 N–H and O–H groups in total. The number of hydrogen-bond acceptors (Lipinski definition) is 2. The fraction of sp³-hybridized carbons (Fsp3) is 0.0769. The van der Waals surface area contributed by atoms with Crippen LogP contribution >= 0.6 is 0 Å². The Morgan fingerprint density at radius 1 is 1.06 bits per heavy atom. The van der Waals surface area contributed by atoms with Crippen LogP contribution in [0.25, 0.3) is 16.7 Å². The molecule has 0 spiro atoms. The van der Waals surface area contributed by atoms with Gasteiger partial charge in [-0.25, -0.2) is 0 Å². The van der Waals surface area contributed by atoms with Crippen molar-refractivity contribution in [2.75, 3.05) is 0 Å². The molecule has 0 bridgehead atoms. The molecule has 1 aromatic heterocycles. The molecule has 0 amide bonds. The van der Waals surface area contributed by atoms with Crippen molar-refractivity contribution in [2.24, 2.45) is 0 Å². The molecule has 0 fully saturated rings. The summed E-state index contributed by atoms with van der Waals surface area (Å²) in [6.07, 6.45) is 0. The van der Waals surface area contributed by atoms with Crippen LogP contribution in [0.5, 0.6) is 0 Å². The van der Waals surface area contributed by atoms with Crippen molar-refractivity contribution in [1.29, 1.82) is 0 Å². The molecule has 0 saturated carbocycles. The number of hydrogen-bond donors (Lipinski definition) is 0. The summed E-state index contributed by atoms with van der Waals surface area (Å²) in [6.45, 7) is 1.96. The van der Waals surface area contributed by atoms with E-state index in [1.807, 2.05) is 49.4 Å². The van der Waals surface area contributed by atoms with E-state index in [0.717, 1.165) is 16.1 Å². The van der Waals surface area contributed by atoms with Gasteiger partial charge in [-0.3, -0.25) is 0 Å². The van der Waals surface area contributed by atoms with Gasteiger partial charge in [0.05, 0.1) is 5.10 Å². The van der Waals surface area contributed by atoms with Crippen LogP contribution in [0.2, 0.25) is 0 Å². The summed E-state index contributed by atoms with van der Waals surface area (Å²) >= 11 is 0. The molecular weight excluding hydrogens is 214 g/mol. The highest BCUT2D eigenvalue weighted by Crippen LogP contribution is 2.13. The number of nitrogens with zero attached hydrogens (tertiary/aromatic N) is 3. The molecular formula is C13H11N3O. The van der Waals surface area contributed by atoms with Gasteiger partial charge >= 0.3 is 0 Å². The van der Waals surface area contributed by atoms with Crippen LogP contribution < -0.4 is 4.85 Å². The fourth-order valence-corrected chi connectivity index (χ4v) is 1.89. The van der Waals surface area contributed by atoms with Crippen LogP contribution in [0.1, 0.15) is 5.56 Å². The molecule has 4 nitrogen and oxygen atoms in total. The molecule has 2 aromatic carbocycles. The van der Waals surface area contributed by atoms with E-state index in [2.05, 4.69) is 5.10 Å². The normalized spacial score (nSPS) is 10.9. The minimum absolute atomic E-state index is 0.579. The third-order valence-electron chi connectivity index (χ3n) is 2.79. The lowest BCUT2D eigenvalue weighted by molar-refractivity contribution is -0.664. The average molecular weight is 225 g/mol. The number of benzene rings is 2. The van der Waals surface area contributed by atoms with Gasteiger partial charge in [0.2, 0.25) is 11.0 Å². The smallest absolute Gasteiger partial charge is 0.250 e. The summed E-state index contributed by atoms with van der Waals surface area (Å²) in [5.74, 6) is 0. The molecule has 0 aliphatic carbocycles. The Hall–Kier alpha value is -2.36. The summed E-state index contributed by atoms with van der Waals surface area (Å²) < 4.78 is 0. The highest BCUT2D eigenvalue weighted by atomic mass is 16.5. The van der Waals surface area contributed by atoms with Crippen LogP contribution in [0, 0.1) is 12.1 Å². The van der Waals surface area contributed by atoms with E-state index >= 15 is 0 Å². The molecule has 0 aliphatic heterocycles. The first-order valence-corrected chi connectivity index (χ1v) is 5.41. The van der Waals surface area contributed by atoms with E-state index in [9.17, 15) is 5.21 Å². The van der Waals surface area contributed by atoms with Crippen LogP contribution in [-0.2, 0) is 0 Å². The minimum atomic E-state index is 0.579. The topological polar surface area (TPSA) is 44.8 Å². The predicted octanol–water partition coefficient (Wildman–Crippen LogP) is 1.97. The van der Waals surface area contributed by atoms with Gasteiger partial charge < -0.3 is 5.21 Å². The molecule has 84 valence electrons.